The Kier molecular flexibility index (Phi) is 2.75. The molecule has 0 saturated heterocycles. The Hall–Kier alpha value is -1.30. The first-order chi connectivity index (χ1) is 7.56. The second-order valence-electron chi connectivity index (χ2n) is 4.43. The van der Waals surface area contributed by atoms with E-state index < -0.39 is 5.97 Å². The number of rotatable bonds is 4. The molecule has 6 heteroatoms. The number of methoxy groups -OCH3 is 1. The monoisotopic (exact) mass is 241 g/mol. The maximum absolute atomic E-state index is 11.5. The maximum Gasteiger partial charge on any atom is 0.344 e. The molecule has 1 fully saturated rings. The third-order valence-electron chi connectivity index (χ3n) is 2.89. The molecule has 0 radical (unpaired) electrons. The van der Waals surface area contributed by atoms with Crippen LogP contribution in [0.1, 0.15) is 30.1 Å². The number of nitrogens with one attached hydrogen (secondary N) is 1. The van der Waals surface area contributed by atoms with Crippen LogP contribution in [-0.2, 0) is 4.74 Å². The van der Waals surface area contributed by atoms with E-state index in [0.717, 1.165) is 6.54 Å². The molecule has 1 aliphatic rings. The van der Waals surface area contributed by atoms with Gasteiger partial charge in [-0.05, 0) is 29.8 Å². The Bertz CT molecular complexity index is 412. The maximum atomic E-state index is 11.5. The van der Waals surface area contributed by atoms with E-state index in [2.05, 4.69) is 21.4 Å². The number of nitrogen functional groups attached to an aromatic ring is 1. The topological polar surface area (TPSA) is 77.2 Å². The van der Waals surface area contributed by atoms with Gasteiger partial charge < -0.3 is 15.8 Å². The number of aromatic nitrogens is 1. The number of carbonyl (C=O) groups excluding carboxylic acids is 1. The van der Waals surface area contributed by atoms with E-state index in [9.17, 15) is 4.79 Å². The first kappa shape index (κ1) is 11.2. The summed E-state index contributed by atoms with van der Waals surface area (Å²) in [6.45, 7) is 3.06. The predicted molar refractivity (Wildman–Crippen MR) is 63.7 cm³/mol. The van der Waals surface area contributed by atoms with Crippen LogP contribution in [0.25, 0.3) is 0 Å². The molecule has 0 spiro atoms. The highest BCUT2D eigenvalue weighted by molar-refractivity contribution is 7.11. The summed E-state index contributed by atoms with van der Waals surface area (Å²) >= 11 is 1.20. The molecule has 0 aromatic carbocycles. The molecule has 16 heavy (non-hydrogen) atoms. The van der Waals surface area contributed by atoms with Crippen LogP contribution in [0.2, 0.25) is 0 Å². The standard InChI is InChI=1S/C10H15N3O2S/c1-10(3-4-10)5-12-8-6(9(14)15-2)7(11)13-16-8/h12H,3-5H2,1-2H3,(H2,11,13). The molecule has 0 amide bonds. The van der Waals surface area contributed by atoms with Crippen molar-refractivity contribution in [2.45, 2.75) is 19.8 Å². The largest absolute Gasteiger partial charge is 0.465 e. The van der Waals surface area contributed by atoms with Gasteiger partial charge in [0.2, 0.25) is 0 Å². The molecule has 5 nitrogen and oxygen atoms in total. The van der Waals surface area contributed by atoms with Gasteiger partial charge in [-0.25, -0.2) is 4.79 Å². The van der Waals surface area contributed by atoms with Crippen LogP contribution in [0.4, 0.5) is 10.8 Å². The summed E-state index contributed by atoms with van der Waals surface area (Å²) in [6.07, 6.45) is 2.45. The number of esters is 1. The number of nitrogens with zero attached hydrogens (tertiary/aromatic N) is 1. The number of ether oxygens (including phenoxy) is 1. The molecule has 1 aromatic heterocycles. The number of hydrogen-bond acceptors (Lipinski definition) is 6. The lowest BCUT2D eigenvalue weighted by Crippen LogP contribution is -2.14. The molecule has 2 rings (SSSR count). The third kappa shape index (κ3) is 2.11. The summed E-state index contributed by atoms with van der Waals surface area (Å²) in [7, 11) is 1.34. The van der Waals surface area contributed by atoms with Crippen LogP contribution in [0.3, 0.4) is 0 Å². The molecular formula is C10H15N3O2S. The zero-order chi connectivity index (χ0) is 11.8. The minimum Gasteiger partial charge on any atom is -0.465 e. The second-order valence-corrected chi connectivity index (χ2v) is 5.20. The number of anilines is 2. The van der Waals surface area contributed by atoms with Gasteiger partial charge in [0, 0.05) is 6.54 Å². The van der Waals surface area contributed by atoms with Gasteiger partial charge in [-0.3, -0.25) is 0 Å². The number of nitrogens with two attached hydrogens (primary N) is 1. The van der Waals surface area contributed by atoms with Gasteiger partial charge in [-0.2, -0.15) is 4.37 Å². The molecule has 0 unspecified atom stereocenters. The quantitative estimate of drug-likeness (QED) is 0.785. The van der Waals surface area contributed by atoms with Gasteiger partial charge in [-0.15, -0.1) is 0 Å². The fourth-order valence-electron chi connectivity index (χ4n) is 1.41. The Balaban J connectivity index is 2.11. The van der Waals surface area contributed by atoms with Gasteiger partial charge in [0.15, 0.2) is 5.82 Å². The second kappa shape index (κ2) is 3.93. The molecule has 3 N–H and O–H groups in total. The average Bonchev–Trinajstić information content (AvgIpc) is 2.88. The average molecular weight is 241 g/mol. The van der Waals surface area contributed by atoms with Gasteiger partial charge in [0.05, 0.1) is 7.11 Å². The zero-order valence-corrected chi connectivity index (χ0v) is 10.2. The lowest BCUT2D eigenvalue weighted by molar-refractivity contribution is 0.0603. The van der Waals surface area contributed by atoms with E-state index in [1.54, 1.807) is 0 Å². The predicted octanol–water partition coefficient (Wildman–Crippen LogP) is 1.72. The summed E-state index contributed by atoms with van der Waals surface area (Å²) in [5, 5.41) is 3.93. The lowest BCUT2D eigenvalue weighted by Gasteiger charge is -2.10. The molecule has 0 atom stereocenters. The minimum absolute atomic E-state index is 0.236. The molecule has 0 aliphatic heterocycles. The zero-order valence-electron chi connectivity index (χ0n) is 9.37. The molecular weight excluding hydrogens is 226 g/mol. The van der Waals surface area contributed by atoms with E-state index in [0.29, 0.717) is 16.0 Å². The van der Waals surface area contributed by atoms with Crippen molar-refractivity contribution in [1.29, 1.82) is 0 Å². The first-order valence-electron chi connectivity index (χ1n) is 5.13. The Labute approximate surface area is 98.1 Å². The minimum atomic E-state index is -0.435. The van der Waals surface area contributed by atoms with Crippen LogP contribution in [0, 0.1) is 5.41 Å². The van der Waals surface area contributed by atoms with Gasteiger partial charge in [0.25, 0.3) is 0 Å². The van der Waals surface area contributed by atoms with E-state index in [-0.39, 0.29) is 5.82 Å². The van der Waals surface area contributed by atoms with Gasteiger partial charge in [0.1, 0.15) is 10.6 Å². The van der Waals surface area contributed by atoms with E-state index in [1.807, 2.05) is 0 Å². The fraction of sp³-hybridized carbons (Fsp3) is 0.600. The van der Waals surface area contributed by atoms with Crippen molar-refractivity contribution in [3.8, 4) is 0 Å². The van der Waals surface area contributed by atoms with Crippen LogP contribution < -0.4 is 11.1 Å². The fourth-order valence-corrected chi connectivity index (χ4v) is 2.10. The molecule has 1 aliphatic carbocycles. The van der Waals surface area contributed by atoms with E-state index in [1.165, 1.54) is 31.5 Å². The van der Waals surface area contributed by atoms with Crippen molar-refractivity contribution in [1.82, 2.24) is 4.37 Å². The van der Waals surface area contributed by atoms with Crippen LogP contribution >= 0.6 is 11.5 Å². The van der Waals surface area contributed by atoms with Crippen molar-refractivity contribution in [3.63, 3.8) is 0 Å². The summed E-state index contributed by atoms with van der Waals surface area (Å²) in [5.74, 6) is -0.199. The van der Waals surface area contributed by atoms with Crippen LogP contribution in [0.15, 0.2) is 0 Å². The van der Waals surface area contributed by atoms with Crippen molar-refractivity contribution in [2.75, 3.05) is 24.7 Å². The first-order valence-corrected chi connectivity index (χ1v) is 5.90. The highest BCUT2D eigenvalue weighted by atomic mass is 32.1. The number of carbonyl (C=O) groups is 1. The molecule has 1 saturated carbocycles. The summed E-state index contributed by atoms with van der Waals surface area (Å²) < 4.78 is 8.63. The van der Waals surface area contributed by atoms with Gasteiger partial charge in [-0.1, -0.05) is 6.92 Å². The molecule has 1 aromatic rings. The van der Waals surface area contributed by atoms with E-state index >= 15 is 0 Å². The van der Waals surface area contributed by atoms with Crippen molar-refractivity contribution >= 4 is 28.3 Å². The highest BCUT2D eigenvalue weighted by Crippen LogP contribution is 2.45. The molecule has 88 valence electrons. The van der Waals surface area contributed by atoms with Gasteiger partial charge >= 0.3 is 5.97 Å². The number of hydrogen-bond donors (Lipinski definition) is 2. The summed E-state index contributed by atoms with van der Waals surface area (Å²) in [6, 6.07) is 0. The third-order valence-corrected chi connectivity index (χ3v) is 3.71. The van der Waals surface area contributed by atoms with Crippen molar-refractivity contribution in [3.05, 3.63) is 5.56 Å². The summed E-state index contributed by atoms with van der Waals surface area (Å²) in [4.78, 5) is 11.5. The normalized spacial score (nSPS) is 16.9. The smallest absolute Gasteiger partial charge is 0.344 e. The van der Waals surface area contributed by atoms with E-state index in [4.69, 9.17) is 5.73 Å². The lowest BCUT2D eigenvalue weighted by atomic mass is 10.1. The Morgan fingerprint density at radius 1 is 1.69 bits per heavy atom. The Morgan fingerprint density at radius 3 is 2.94 bits per heavy atom. The molecule has 0 bridgehead atoms. The van der Waals surface area contributed by atoms with Crippen LogP contribution in [-0.4, -0.2) is 24.0 Å². The highest BCUT2D eigenvalue weighted by Gasteiger charge is 2.37. The summed E-state index contributed by atoms with van der Waals surface area (Å²) in [5.41, 5.74) is 6.36. The van der Waals surface area contributed by atoms with Crippen molar-refractivity contribution in [2.24, 2.45) is 5.41 Å². The molecule has 1 heterocycles. The SMILES string of the molecule is COC(=O)c1c(N)nsc1NCC1(C)CC1. The van der Waals surface area contributed by atoms with Crippen molar-refractivity contribution < 1.29 is 9.53 Å². The van der Waals surface area contributed by atoms with Crippen LogP contribution in [0.5, 0.6) is 0 Å². The Morgan fingerprint density at radius 2 is 2.38 bits per heavy atom.